The number of fused-ring (bicyclic) bond motifs is 1. The second kappa shape index (κ2) is 15.7. The number of aromatic nitrogens is 4. The first-order valence-electron chi connectivity index (χ1n) is 15.0. The molecule has 1 fully saturated rings. The molecule has 12 heteroatoms. The second-order valence-corrected chi connectivity index (χ2v) is 10.9. The number of H-pyrrole nitrogens is 1. The summed E-state index contributed by atoms with van der Waals surface area (Å²) in [5.74, 6) is -0.0597. The third kappa shape index (κ3) is 8.52. The molecule has 0 radical (unpaired) electrons. The van der Waals surface area contributed by atoms with Crippen LogP contribution in [0.3, 0.4) is 0 Å². The highest BCUT2D eigenvalue weighted by Gasteiger charge is 2.25. The number of carbonyl (C=O) groups excluding carboxylic acids is 1. The molecule has 0 spiro atoms. The molecule has 230 valence electrons. The van der Waals surface area contributed by atoms with Gasteiger partial charge in [0, 0.05) is 38.8 Å². The van der Waals surface area contributed by atoms with E-state index in [-0.39, 0.29) is 36.5 Å². The Bertz CT molecular complexity index is 1350. The zero-order valence-electron chi connectivity index (χ0n) is 24.9. The van der Waals surface area contributed by atoms with Crippen LogP contribution in [0.25, 0.3) is 11.2 Å². The van der Waals surface area contributed by atoms with E-state index >= 15 is 0 Å². The number of methoxy groups -OCH3 is 1. The molecule has 3 aromatic rings. The van der Waals surface area contributed by atoms with Crippen molar-refractivity contribution < 1.29 is 19.4 Å². The lowest BCUT2D eigenvalue weighted by molar-refractivity contribution is -0.139. The number of aromatic amines is 1. The molecule has 1 aromatic carbocycles. The Hall–Kier alpha value is -3.48. The lowest BCUT2D eigenvalue weighted by Crippen LogP contribution is -2.45. The molecule has 3 heterocycles. The van der Waals surface area contributed by atoms with Gasteiger partial charge < -0.3 is 30.2 Å². The van der Waals surface area contributed by atoms with Gasteiger partial charge in [-0.05, 0) is 56.3 Å². The van der Waals surface area contributed by atoms with Crippen LogP contribution in [0, 0.1) is 0 Å². The number of hydrogen-bond acceptors (Lipinski definition) is 10. The summed E-state index contributed by atoms with van der Waals surface area (Å²) >= 11 is 0. The van der Waals surface area contributed by atoms with Crippen LogP contribution >= 0.6 is 0 Å². The molecule has 42 heavy (non-hydrogen) atoms. The highest BCUT2D eigenvalue weighted by atomic mass is 16.5. The molecule has 4 N–H and O–H groups in total. The van der Waals surface area contributed by atoms with Gasteiger partial charge in [0.05, 0.1) is 20.1 Å². The molecule has 1 aliphatic rings. The van der Waals surface area contributed by atoms with Gasteiger partial charge in [0.1, 0.15) is 5.52 Å². The minimum atomic E-state index is -0.268. The first-order chi connectivity index (χ1) is 20.4. The van der Waals surface area contributed by atoms with Crippen molar-refractivity contribution in [2.45, 2.75) is 71.0 Å². The number of ether oxygens (including phenoxy) is 2. The number of nitrogens with two attached hydrogens (primary N) is 1. The van der Waals surface area contributed by atoms with Gasteiger partial charge in [0.25, 0.3) is 0 Å². The van der Waals surface area contributed by atoms with E-state index in [1.165, 1.54) is 7.11 Å². The fraction of sp³-hybridized carbons (Fsp3) is 0.600. The van der Waals surface area contributed by atoms with Gasteiger partial charge in [0.15, 0.2) is 11.5 Å². The number of carbonyl (C=O) groups is 1. The monoisotopic (exact) mass is 583 g/mol. The molecular formula is C30H45N7O5. The van der Waals surface area contributed by atoms with E-state index in [2.05, 4.69) is 43.8 Å². The molecule has 2 aromatic heterocycles. The van der Waals surface area contributed by atoms with E-state index in [4.69, 9.17) is 15.2 Å². The molecular weight excluding hydrogens is 538 g/mol. The third-order valence-electron chi connectivity index (χ3n) is 7.85. The number of benzene rings is 1. The van der Waals surface area contributed by atoms with E-state index in [9.17, 15) is 14.7 Å². The van der Waals surface area contributed by atoms with Crippen molar-refractivity contribution in [2.75, 3.05) is 52.2 Å². The molecule has 1 saturated heterocycles. The van der Waals surface area contributed by atoms with Crippen LogP contribution in [0.4, 0.5) is 5.82 Å². The lowest BCUT2D eigenvalue weighted by Gasteiger charge is -2.38. The lowest BCUT2D eigenvalue weighted by atomic mass is 10.0. The SMILES string of the molecule is CCCCOc1nc(N)c2[nH]c(=O)n(CCCN(Cc3cccc(CC(=O)OC)c3)C3CCN(CCCO)CC3)c2n1. The van der Waals surface area contributed by atoms with Gasteiger partial charge >= 0.3 is 17.7 Å². The van der Waals surface area contributed by atoms with Crippen molar-refractivity contribution in [2.24, 2.45) is 0 Å². The van der Waals surface area contributed by atoms with Crippen molar-refractivity contribution in [1.29, 1.82) is 0 Å². The Balaban J connectivity index is 1.48. The number of rotatable bonds is 16. The average Bonchev–Trinajstić information content (AvgIpc) is 3.31. The Morgan fingerprint density at radius 1 is 1.17 bits per heavy atom. The number of hydrogen-bond donors (Lipinski definition) is 3. The molecule has 4 rings (SSSR count). The number of piperidine rings is 1. The summed E-state index contributed by atoms with van der Waals surface area (Å²) in [4.78, 5) is 41.1. The first kappa shape index (κ1) is 31.5. The third-order valence-corrected chi connectivity index (χ3v) is 7.85. The van der Waals surface area contributed by atoms with Gasteiger partial charge in [0.2, 0.25) is 0 Å². The highest BCUT2D eigenvalue weighted by Crippen LogP contribution is 2.22. The number of anilines is 1. The van der Waals surface area contributed by atoms with E-state index in [1.807, 2.05) is 12.1 Å². The largest absolute Gasteiger partial charge is 0.469 e. The number of nitrogen functional groups attached to an aromatic ring is 1. The summed E-state index contributed by atoms with van der Waals surface area (Å²) in [6, 6.07) is 8.66. The van der Waals surface area contributed by atoms with E-state index in [1.54, 1.807) is 4.57 Å². The van der Waals surface area contributed by atoms with Gasteiger partial charge in [-0.15, -0.1) is 0 Å². The highest BCUT2D eigenvalue weighted by molar-refractivity contribution is 5.81. The summed E-state index contributed by atoms with van der Waals surface area (Å²) in [5, 5.41) is 9.22. The number of nitrogens with zero attached hydrogens (tertiary/aromatic N) is 5. The predicted octanol–water partition coefficient (Wildman–Crippen LogP) is 2.34. The zero-order valence-corrected chi connectivity index (χ0v) is 24.9. The molecule has 12 nitrogen and oxygen atoms in total. The molecule has 0 bridgehead atoms. The molecule has 1 aliphatic heterocycles. The maximum absolute atomic E-state index is 12.9. The number of aryl methyl sites for hydroxylation is 1. The summed E-state index contributed by atoms with van der Waals surface area (Å²) in [6.07, 6.45) is 5.69. The number of likely N-dealkylation sites (tertiary alicyclic amines) is 1. The van der Waals surface area contributed by atoms with Crippen molar-refractivity contribution in [3.8, 4) is 6.01 Å². The minimum absolute atomic E-state index is 0.183. The predicted molar refractivity (Wildman–Crippen MR) is 161 cm³/mol. The quantitative estimate of drug-likeness (QED) is 0.169. The van der Waals surface area contributed by atoms with Crippen LogP contribution in [0.1, 0.15) is 56.6 Å². The van der Waals surface area contributed by atoms with Crippen LogP contribution in [-0.4, -0.2) is 92.9 Å². The molecule has 0 saturated carbocycles. The van der Waals surface area contributed by atoms with Crippen molar-refractivity contribution in [3.63, 3.8) is 0 Å². The van der Waals surface area contributed by atoms with Crippen LogP contribution in [0.15, 0.2) is 29.1 Å². The standard InChI is InChI=1S/C30H45N7O5/c1-3-4-18-42-29-33-27(31)26-28(34-29)37(30(40)32-26)14-6-13-36(24-10-15-35(16-11-24)12-7-17-38)21-23-9-5-8-22(19-23)20-25(39)41-2/h5,8-9,19,24,38H,3-4,6-7,10-18,20-21H2,1-2H3,(H,32,40)(H2,31,33,34). The van der Waals surface area contributed by atoms with Crippen LogP contribution < -0.4 is 16.2 Å². The Morgan fingerprint density at radius 3 is 2.69 bits per heavy atom. The first-order valence-corrected chi connectivity index (χ1v) is 15.0. The fourth-order valence-electron chi connectivity index (χ4n) is 5.55. The molecule has 0 unspecified atom stereocenters. The number of aliphatic hydroxyl groups is 1. The van der Waals surface area contributed by atoms with Crippen molar-refractivity contribution >= 4 is 23.0 Å². The minimum Gasteiger partial charge on any atom is -0.469 e. The van der Waals surface area contributed by atoms with E-state index in [0.29, 0.717) is 30.4 Å². The zero-order chi connectivity index (χ0) is 29.9. The summed E-state index contributed by atoms with van der Waals surface area (Å²) in [5.41, 5.74) is 8.81. The van der Waals surface area contributed by atoms with Crippen molar-refractivity contribution in [1.82, 2.24) is 29.3 Å². The van der Waals surface area contributed by atoms with E-state index in [0.717, 1.165) is 82.4 Å². The molecule has 0 amide bonds. The van der Waals surface area contributed by atoms with Gasteiger partial charge in [-0.3, -0.25) is 14.3 Å². The smallest absolute Gasteiger partial charge is 0.327 e. The number of imidazole rings is 1. The van der Waals surface area contributed by atoms with Gasteiger partial charge in [-0.2, -0.15) is 9.97 Å². The van der Waals surface area contributed by atoms with E-state index < -0.39 is 0 Å². The second-order valence-electron chi connectivity index (χ2n) is 10.9. The number of nitrogens with one attached hydrogen (secondary N) is 1. The average molecular weight is 584 g/mol. The van der Waals surface area contributed by atoms with Crippen molar-refractivity contribution in [3.05, 3.63) is 45.9 Å². The summed E-state index contributed by atoms with van der Waals surface area (Å²) in [6.45, 7) is 7.66. The molecule has 0 atom stereocenters. The fourth-order valence-corrected chi connectivity index (χ4v) is 5.55. The van der Waals surface area contributed by atoms with Crippen LogP contribution in [0.5, 0.6) is 6.01 Å². The maximum atomic E-state index is 12.9. The maximum Gasteiger partial charge on any atom is 0.327 e. The van der Waals surface area contributed by atoms with Gasteiger partial charge in [-0.1, -0.05) is 37.6 Å². The number of esters is 1. The normalized spacial score (nSPS) is 14.6. The molecule has 0 aliphatic carbocycles. The summed E-state index contributed by atoms with van der Waals surface area (Å²) in [7, 11) is 1.40. The summed E-state index contributed by atoms with van der Waals surface area (Å²) < 4.78 is 12.1. The van der Waals surface area contributed by atoms with Gasteiger partial charge in [-0.25, -0.2) is 4.79 Å². The topological polar surface area (TPSA) is 152 Å². The Morgan fingerprint density at radius 2 is 1.95 bits per heavy atom. The van der Waals surface area contributed by atoms with Crippen LogP contribution in [0.2, 0.25) is 0 Å². The number of unbranched alkanes of at least 4 members (excludes halogenated alkanes) is 1. The Kier molecular flexibility index (Phi) is 11.7. The number of aliphatic hydroxyl groups excluding tert-OH is 1. The van der Waals surface area contributed by atoms with Crippen LogP contribution in [-0.2, 0) is 29.0 Å². The Labute approximate surface area is 246 Å².